The third-order valence-corrected chi connectivity index (χ3v) is 10.0. The van der Waals surface area contributed by atoms with Crippen molar-refractivity contribution in [2.75, 3.05) is 11.9 Å². The SMILES string of the molecule is CCOC(=O)c1cnc(NC(=O)C[C@H]2CC[C@H]3[C@@H]4CC[C@H]5NC(=O)C=C[C@]5(C)[C@H]4CC[C@]23C)nc1C. The zero-order valence-corrected chi connectivity index (χ0v) is 21.8. The fourth-order valence-electron chi connectivity index (χ4n) is 8.11. The first-order valence-corrected chi connectivity index (χ1v) is 13.5. The topological polar surface area (TPSA) is 110 Å². The van der Waals surface area contributed by atoms with Gasteiger partial charge in [-0.05, 0) is 87.5 Å². The van der Waals surface area contributed by atoms with Crippen molar-refractivity contribution in [1.82, 2.24) is 15.3 Å². The zero-order chi connectivity index (χ0) is 25.7. The summed E-state index contributed by atoms with van der Waals surface area (Å²) in [4.78, 5) is 45.5. The monoisotopic (exact) mass is 494 g/mol. The van der Waals surface area contributed by atoms with Crippen LogP contribution in [0.25, 0.3) is 0 Å². The molecule has 7 atom stereocenters. The Kier molecular flexibility index (Phi) is 6.41. The molecule has 0 spiro atoms. The maximum Gasteiger partial charge on any atom is 0.341 e. The summed E-state index contributed by atoms with van der Waals surface area (Å²) in [6, 6.07) is 0.238. The summed E-state index contributed by atoms with van der Waals surface area (Å²) in [6.45, 7) is 8.49. The molecule has 194 valence electrons. The van der Waals surface area contributed by atoms with E-state index in [0.29, 0.717) is 41.3 Å². The lowest BCUT2D eigenvalue weighted by Crippen LogP contribution is -2.59. The number of carbonyl (C=O) groups excluding carboxylic acids is 3. The maximum atomic E-state index is 13.0. The molecular weight excluding hydrogens is 456 g/mol. The van der Waals surface area contributed by atoms with E-state index in [1.807, 2.05) is 0 Å². The van der Waals surface area contributed by atoms with Crippen molar-refractivity contribution in [3.8, 4) is 0 Å². The molecular formula is C28H38N4O4. The Morgan fingerprint density at radius 3 is 2.72 bits per heavy atom. The van der Waals surface area contributed by atoms with Crippen molar-refractivity contribution in [1.29, 1.82) is 0 Å². The van der Waals surface area contributed by atoms with Crippen molar-refractivity contribution in [3.05, 3.63) is 29.6 Å². The number of esters is 1. The van der Waals surface area contributed by atoms with Crippen LogP contribution in [0.3, 0.4) is 0 Å². The molecule has 8 nitrogen and oxygen atoms in total. The first kappa shape index (κ1) is 24.9. The molecule has 1 aromatic rings. The van der Waals surface area contributed by atoms with Gasteiger partial charge < -0.3 is 10.1 Å². The molecule has 4 aliphatic rings. The lowest BCUT2D eigenvalue weighted by Gasteiger charge is -2.59. The highest BCUT2D eigenvalue weighted by atomic mass is 16.5. The minimum Gasteiger partial charge on any atom is -0.462 e. The first-order valence-electron chi connectivity index (χ1n) is 13.5. The summed E-state index contributed by atoms with van der Waals surface area (Å²) in [5, 5.41) is 6.08. The van der Waals surface area contributed by atoms with Crippen LogP contribution in [-0.2, 0) is 14.3 Å². The van der Waals surface area contributed by atoms with Gasteiger partial charge in [-0.15, -0.1) is 0 Å². The van der Waals surface area contributed by atoms with Gasteiger partial charge in [0, 0.05) is 24.1 Å². The van der Waals surface area contributed by atoms with Gasteiger partial charge in [0.1, 0.15) is 0 Å². The van der Waals surface area contributed by atoms with Gasteiger partial charge in [0.25, 0.3) is 0 Å². The van der Waals surface area contributed by atoms with Gasteiger partial charge >= 0.3 is 5.97 Å². The van der Waals surface area contributed by atoms with E-state index in [4.69, 9.17) is 4.74 Å². The van der Waals surface area contributed by atoms with Crippen LogP contribution < -0.4 is 10.6 Å². The standard InChI is InChI=1S/C28H38N4O4/c1-5-36-25(35)19-15-29-26(30-16(19)2)32-24(34)14-17-6-8-20-18-7-9-22-28(4,13-11-23(33)31-22)21(18)10-12-27(17,20)3/h11,13,15,17-18,20-22H,5-10,12,14H2,1-4H3,(H,31,33)(H,29,30,32,34)/t17-,18+,20+,21+,22-,27-,28-/m1/s1. The molecule has 0 unspecified atom stereocenters. The van der Waals surface area contributed by atoms with Crippen LogP contribution in [0.4, 0.5) is 5.95 Å². The Morgan fingerprint density at radius 1 is 1.17 bits per heavy atom. The van der Waals surface area contributed by atoms with Crippen LogP contribution in [0.15, 0.2) is 18.3 Å². The van der Waals surface area contributed by atoms with E-state index in [2.05, 4.69) is 40.5 Å². The highest BCUT2D eigenvalue weighted by Crippen LogP contribution is 2.65. The molecule has 3 aliphatic carbocycles. The molecule has 2 heterocycles. The Balaban J connectivity index is 1.25. The number of nitrogens with zero attached hydrogens (tertiary/aromatic N) is 2. The summed E-state index contributed by atoms with van der Waals surface area (Å²) in [6.07, 6.45) is 12.5. The van der Waals surface area contributed by atoms with Crippen LogP contribution >= 0.6 is 0 Å². The quantitative estimate of drug-likeness (QED) is 0.594. The zero-order valence-electron chi connectivity index (χ0n) is 21.8. The number of rotatable bonds is 5. The van der Waals surface area contributed by atoms with Crippen LogP contribution in [0.2, 0.25) is 0 Å². The van der Waals surface area contributed by atoms with Crippen molar-refractivity contribution in [3.63, 3.8) is 0 Å². The highest BCUT2D eigenvalue weighted by molar-refractivity contribution is 5.92. The molecule has 8 heteroatoms. The molecule has 0 bridgehead atoms. The number of fused-ring (bicyclic) bond motifs is 5. The van der Waals surface area contributed by atoms with Gasteiger partial charge in [0.2, 0.25) is 17.8 Å². The first-order chi connectivity index (χ1) is 17.2. The average molecular weight is 495 g/mol. The predicted molar refractivity (Wildman–Crippen MR) is 135 cm³/mol. The number of hydrogen-bond acceptors (Lipinski definition) is 6. The third kappa shape index (κ3) is 4.12. The van der Waals surface area contributed by atoms with E-state index in [9.17, 15) is 14.4 Å². The molecule has 2 amide bonds. The lowest BCUT2D eigenvalue weighted by atomic mass is 9.48. The van der Waals surface area contributed by atoms with E-state index >= 15 is 0 Å². The number of hydrogen-bond donors (Lipinski definition) is 2. The minimum atomic E-state index is -0.456. The molecule has 3 saturated carbocycles. The molecule has 1 aliphatic heterocycles. The minimum absolute atomic E-state index is 0.0263. The van der Waals surface area contributed by atoms with Crippen molar-refractivity contribution in [2.24, 2.45) is 34.5 Å². The molecule has 0 aromatic carbocycles. The summed E-state index contributed by atoms with van der Waals surface area (Å²) in [7, 11) is 0. The van der Waals surface area contributed by atoms with Crippen molar-refractivity contribution in [2.45, 2.75) is 78.7 Å². The Labute approximate surface area is 213 Å². The number of aromatic nitrogens is 2. The number of amides is 2. The largest absolute Gasteiger partial charge is 0.462 e. The molecule has 5 rings (SSSR count). The summed E-state index contributed by atoms with van der Waals surface area (Å²) >= 11 is 0. The highest BCUT2D eigenvalue weighted by Gasteiger charge is 2.59. The summed E-state index contributed by atoms with van der Waals surface area (Å²) < 4.78 is 5.03. The molecule has 2 N–H and O–H groups in total. The average Bonchev–Trinajstić information content (AvgIpc) is 3.15. The molecule has 36 heavy (non-hydrogen) atoms. The van der Waals surface area contributed by atoms with E-state index < -0.39 is 5.97 Å². The van der Waals surface area contributed by atoms with Gasteiger partial charge in [-0.25, -0.2) is 14.8 Å². The van der Waals surface area contributed by atoms with Crippen LogP contribution in [0.1, 0.15) is 81.8 Å². The Hall–Kier alpha value is -2.77. The number of carbonyl (C=O) groups is 3. The van der Waals surface area contributed by atoms with Crippen LogP contribution in [0, 0.1) is 41.4 Å². The molecule has 3 fully saturated rings. The van der Waals surface area contributed by atoms with E-state index in [-0.39, 0.29) is 41.2 Å². The second-order valence-electron chi connectivity index (χ2n) is 11.7. The second-order valence-corrected chi connectivity index (χ2v) is 11.7. The Morgan fingerprint density at radius 2 is 1.97 bits per heavy atom. The van der Waals surface area contributed by atoms with Crippen LogP contribution in [0.5, 0.6) is 0 Å². The number of nitrogens with one attached hydrogen (secondary N) is 2. The Bertz CT molecular complexity index is 1100. The maximum absolute atomic E-state index is 13.0. The fraction of sp³-hybridized carbons (Fsp3) is 0.679. The number of aryl methyl sites for hydroxylation is 1. The molecule has 0 radical (unpaired) electrons. The fourth-order valence-corrected chi connectivity index (χ4v) is 8.11. The second kappa shape index (κ2) is 9.27. The summed E-state index contributed by atoms with van der Waals surface area (Å²) in [5.41, 5.74) is 0.974. The van der Waals surface area contributed by atoms with Gasteiger partial charge in [-0.1, -0.05) is 19.9 Å². The summed E-state index contributed by atoms with van der Waals surface area (Å²) in [5.74, 6) is 1.90. The van der Waals surface area contributed by atoms with E-state index in [1.165, 1.54) is 6.20 Å². The smallest absolute Gasteiger partial charge is 0.341 e. The van der Waals surface area contributed by atoms with Gasteiger partial charge in [0.15, 0.2) is 0 Å². The van der Waals surface area contributed by atoms with Gasteiger partial charge in [0.05, 0.1) is 17.9 Å². The lowest BCUT2D eigenvalue weighted by molar-refractivity contribution is -0.123. The van der Waals surface area contributed by atoms with Gasteiger partial charge in [-0.3, -0.25) is 14.9 Å². The van der Waals surface area contributed by atoms with Crippen LogP contribution in [-0.4, -0.2) is 40.4 Å². The number of anilines is 1. The van der Waals surface area contributed by atoms with Crippen molar-refractivity contribution < 1.29 is 19.1 Å². The molecule has 0 saturated heterocycles. The van der Waals surface area contributed by atoms with Crippen molar-refractivity contribution >= 4 is 23.7 Å². The predicted octanol–water partition coefficient (Wildman–Crippen LogP) is 4.20. The van der Waals surface area contributed by atoms with E-state index in [1.54, 1.807) is 19.9 Å². The third-order valence-electron chi connectivity index (χ3n) is 10.0. The number of ether oxygens (including phenoxy) is 1. The van der Waals surface area contributed by atoms with Gasteiger partial charge in [-0.2, -0.15) is 0 Å². The molecule has 1 aromatic heterocycles. The van der Waals surface area contributed by atoms with E-state index in [0.717, 1.165) is 38.5 Å². The normalized spacial score (nSPS) is 36.8.